The summed E-state index contributed by atoms with van der Waals surface area (Å²) in [5.74, 6) is -0.329. The summed E-state index contributed by atoms with van der Waals surface area (Å²) in [5, 5.41) is 2.73. The van der Waals surface area contributed by atoms with E-state index < -0.39 is 18.6 Å². The highest BCUT2D eigenvalue weighted by atomic mass is 35.5. The Labute approximate surface area is 134 Å². The van der Waals surface area contributed by atoms with E-state index in [1.165, 1.54) is 4.90 Å². The highest BCUT2D eigenvalue weighted by Gasteiger charge is 2.36. The molecule has 1 aliphatic heterocycles. The highest BCUT2D eigenvalue weighted by molar-refractivity contribution is 7.17. The van der Waals surface area contributed by atoms with Crippen molar-refractivity contribution in [2.45, 2.75) is 31.1 Å². The van der Waals surface area contributed by atoms with Crippen LogP contribution in [0.5, 0.6) is 0 Å². The van der Waals surface area contributed by atoms with Crippen molar-refractivity contribution in [2.24, 2.45) is 0 Å². The zero-order valence-corrected chi connectivity index (χ0v) is 13.0. The number of likely N-dealkylation sites (tertiary alicyclic amines) is 1. The van der Waals surface area contributed by atoms with Gasteiger partial charge in [0.1, 0.15) is 6.29 Å². The maximum atomic E-state index is 12.3. The fourth-order valence-corrected chi connectivity index (χ4v) is 3.35. The second-order valence-corrected chi connectivity index (χ2v) is 6.79. The summed E-state index contributed by atoms with van der Waals surface area (Å²) in [4.78, 5) is 24.9. The Hall–Kier alpha value is -1.12. The molecule has 0 aliphatic carbocycles. The van der Waals surface area contributed by atoms with Crippen LogP contribution in [0.2, 0.25) is 4.34 Å². The quantitative estimate of drug-likeness (QED) is 0.827. The minimum absolute atomic E-state index is 0.227. The van der Waals surface area contributed by atoms with Gasteiger partial charge >= 0.3 is 6.18 Å². The summed E-state index contributed by atoms with van der Waals surface area (Å²) in [6.07, 6.45) is -4.29. The third kappa shape index (κ3) is 4.69. The van der Waals surface area contributed by atoms with E-state index in [9.17, 15) is 22.8 Å². The van der Waals surface area contributed by atoms with Crippen molar-refractivity contribution < 1.29 is 22.8 Å². The minimum Gasteiger partial charge on any atom is -0.347 e. The summed E-state index contributed by atoms with van der Waals surface area (Å²) in [6.45, 7) is -0.0194. The summed E-state index contributed by atoms with van der Waals surface area (Å²) < 4.78 is 37.3. The Morgan fingerprint density at radius 1 is 1.50 bits per heavy atom. The number of amides is 1. The van der Waals surface area contributed by atoms with Crippen LogP contribution in [0.1, 0.15) is 22.5 Å². The molecule has 9 heteroatoms. The Morgan fingerprint density at radius 2 is 2.23 bits per heavy atom. The minimum atomic E-state index is -4.26. The number of aldehydes is 1. The van der Waals surface area contributed by atoms with Crippen LogP contribution in [-0.4, -0.2) is 48.4 Å². The standard InChI is InChI=1S/C13H14ClF3N2O2S/c14-11-2-1-10(22-11)12(21)18-8-5-9(7-20)19(6-8)4-3-13(15,16)17/h1-2,7-9H,3-6H2,(H,18,21). The van der Waals surface area contributed by atoms with Crippen LogP contribution in [0, 0.1) is 0 Å². The van der Waals surface area contributed by atoms with Gasteiger partial charge < -0.3 is 10.1 Å². The lowest BCUT2D eigenvalue weighted by Crippen LogP contribution is -2.38. The van der Waals surface area contributed by atoms with Crippen molar-refractivity contribution in [1.29, 1.82) is 0 Å². The first kappa shape index (κ1) is 17.2. The van der Waals surface area contributed by atoms with Crippen LogP contribution in [0.15, 0.2) is 12.1 Å². The molecule has 2 unspecified atom stereocenters. The van der Waals surface area contributed by atoms with Crippen LogP contribution >= 0.6 is 22.9 Å². The van der Waals surface area contributed by atoms with Gasteiger partial charge in [0.2, 0.25) is 0 Å². The molecule has 4 nitrogen and oxygen atoms in total. The number of carbonyl (C=O) groups excluding carboxylic acids is 2. The van der Waals surface area contributed by atoms with Gasteiger partial charge in [-0.05, 0) is 18.6 Å². The molecule has 0 bridgehead atoms. The average Bonchev–Trinajstić information content (AvgIpc) is 3.01. The number of rotatable bonds is 5. The first-order chi connectivity index (χ1) is 10.3. The molecule has 2 heterocycles. The Bertz CT molecular complexity index is 550. The predicted molar refractivity (Wildman–Crippen MR) is 77.3 cm³/mol. The Morgan fingerprint density at radius 3 is 2.77 bits per heavy atom. The van der Waals surface area contributed by atoms with Crippen molar-refractivity contribution >= 4 is 35.1 Å². The number of halogens is 4. The van der Waals surface area contributed by atoms with Crippen LogP contribution in [0.25, 0.3) is 0 Å². The van der Waals surface area contributed by atoms with Crippen molar-refractivity contribution in [1.82, 2.24) is 10.2 Å². The number of carbonyl (C=O) groups is 2. The molecule has 1 aliphatic rings. The van der Waals surface area contributed by atoms with E-state index in [-0.39, 0.29) is 25.0 Å². The first-order valence-electron chi connectivity index (χ1n) is 6.61. The lowest BCUT2D eigenvalue weighted by atomic mass is 10.2. The number of hydrogen-bond acceptors (Lipinski definition) is 4. The number of alkyl halides is 3. The van der Waals surface area contributed by atoms with Crippen molar-refractivity contribution in [3.05, 3.63) is 21.3 Å². The van der Waals surface area contributed by atoms with Gasteiger partial charge in [-0.2, -0.15) is 13.2 Å². The van der Waals surface area contributed by atoms with E-state index in [1.54, 1.807) is 12.1 Å². The maximum Gasteiger partial charge on any atom is 0.390 e. The summed E-state index contributed by atoms with van der Waals surface area (Å²) >= 11 is 6.87. The smallest absolute Gasteiger partial charge is 0.347 e. The van der Waals surface area contributed by atoms with Gasteiger partial charge in [-0.3, -0.25) is 9.69 Å². The number of hydrogen-bond donors (Lipinski definition) is 1. The van der Waals surface area contributed by atoms with E-state index in [4.69, 9.17) is 11.6 Å². The first-order valence-corrected chi connectivity index (χ1v) is 7.80. The lowest BCUT2D eigenvalue weighted by molar-refractivity contribution is -0.139. The molecule has 2 atom stereocenters. The van der Waals surface area contributed by atoms with Crippen LogP contribution in [0.4, 0.5) is 13.2 Å². The summed E-state index contributed by atoms with van der Waals surface area (Å²) in [5.41, 5.74) is 0. The summed E-state index contributed by atoms with van der Waals surface area (Å²) in [6, 6.07) is 2.23. The lowest BCUT2D eigenvalue weighted by Gasteiger charge is -2.20. The number of nitrogens with zero attached hydrogens (tertiary/aromatic N) is 1. The molecule has 1 fully saturated rings. The van der Waals surface area contributed by atoms with Gasteiger partial charge in [-0.1, -0.05) is 11.6 Å². The maximum absolute atomic E-state index is 12.3. The van der Waals surface area contributed by atoms with Crippen molar-refractivity contribution in [2.75, 3.05) is 13.1 Å². The van der Waals surface area contributed by atoms with Crippen LogP contribution < -0.4 is 5.32 Å². The van der Waals surface area contributed by atoms with Gasteiger partial charge in [0.25, 0.3) is 5.91 Å². The molecular weight excluding hydrogens is 341 g/mol. The third-order valence-corrected chi connectivity index (χ3v) is 4.65. The van der Waals surface area contributed by atoms with Gasteiger partial charge in [0.05, 0.1) is 21.7 Å². The van der Waals surface area contributed by atoms with Gasteiger partial charge in [-0.15, -0.1) is 11.3 Å². The molecule has 1 amide bonds. The molecule has 122 valence electrons. The van der Waals surface area contributed by atoms with E-state index in [0.717, 1.165) is 11.3 Å². The Kier molecular flexibility index (Phi) is 5.46. The second-order valence-electron chi connectivity index (χ2n) is 5.07. The third-order valence-electron chi connectivity index (χ3n) is 3.42. The molecule has 0 saturated carbocycles. The van der Waals surface area contributed by atoms with E-state index in [0.29, 0.717) is 21.9 Å². The molecule has 1 aromatic heterocycles. The topological polar surface area (TPSA) is 49.4 Å². The molecule has 0 spiro atoms. The number of thiophene rings is 1. The fourth-order valence-electron chi connectivity index (χ4n) is 2.40. The molecule has 1 aromatic rings. The van der Waals surface area contributed by atoms with Gasteiger partial charge in [0.15, 0.2) is 0 Å². The SMILES string of the molecule is O=CC1CC(NC(=O)c2ccc(Cl)s2)CN1CCC(F)(F)F. The van der Waals surface area contributed by atoms with Crippen molar-refractivity contribution in [3.63, 3.8) is 0 Å². The van der Waals surface area contributed by atoms with Gasteiger partial charge in [-0.25, -0.2) is 0 Å². The molecule has 0 radical (unpaired) electrons. The van der Waals surface area contributed by atoms with Crippen molar-refractivity contribution in [3.8, 4) is 0 Å². The zero-order valence-electron chi connectivity index (χ0n) is 11.4. The Balaban J connectivity index is 1.91. The number of nitrogens with one attached hydrogen (secondary N) is 1. The van der Waals surface area contributed by atoms with Gasteiger partial charge in [0, 0.05) is 19.1 Å². The largest absolute Gasteiger partial charge is 0.390 e. The average molecular weight is 355 g/mol. The highest BCUT2D eigenvalue weighted by Crippen LogP contribution is 2.25. The van der Waals surface area contributed by atoms with Crippen LogP contribution in [-0.2, 0) is 4.79 Å². The zero-order chi connectivity index (χ0) is 16.3. The monoisotopic (exact) mass is 354 g/mol. The molecular formula is C13H14ClF3N2O2S. The van der Waals surface area contributed by atoms with Crippen LogP contribution in [0.3, 0.4) is 0 Å². The molecule has 22 heavy (non-hydrogen) atoms. The van der Waals surface area contributed by atoms with E-state index in [2.05, 4.69) is 5.32 Å². The molecule has 1 saturated heterocycles. The molecule has 0 aromatic carbocycles. The van der Waals surface area contributed by atoms with E-state index >= 15 is 0 Å². The fraction of sp³-hybridized carbons (Fsp3) is 0.538. The summed E-state index contributed by atoms with van der Waals surface area (Å²) in [7, 11) is 0. The normalized spacial score (nSPS) is 22.7. The second kappa shape index (κ2) is 6.97. The van der Waals surface area contributed by atoms with E-state index in [1.807, 2.05) is 0 Å². The predicted octanol–water partition coefficient (Wildman–Crippen LogP) is 2.73. The molecule has 1 N–H and O–H groups in total. The molecule has 2 rings (SSSR count).